The molecule has 80 valence electrons. The van der Waals surface area contributed by atoms with Crippen molar-refractivity contribution in [1.29, 1.82) is 0 Å². The van der Waals surface area contributed by atoms with E-state index in [2.05, 4.69) is 22.3 Å². The van der Waals surface area contributed by atoms with Gasteiger partial charge in [0.2, 0.25) is 0 Å². The van der Waals surface area contributed by atoms with Crippen molar-refractivity contribution in [2.75, 3.05) is 20.3 Å². The number of rotatable bonds is 6. The molecule has 4 heteroatoms. The van der Waals surface area contributed by atoms with E-state index in [-0.39, 0.29) is 0 Å². The molecule has 0 aliphatic rings. The SMILES string of the molecule is CCn1cc[n+](C)c1COCCOC. The van der Waals surface area contributed by atoms with Gasteiger partial charge in [-0.1, -0.05) is 0 Å². The molecule has 0 atom stereocenters. The van der Waals surface area contributed by atoms with E-state index in [1.54, 1.807) is 7.11 Å². The third-order valence-electron chi connectivity index (χ3n) is 2.21. The summed E-state index contributed by atoms with van der Waals surface area (Å²) in [5.74, 6) is 1.18. The van der Waals surface area contributed by atoms with E-state index >= 15 is 0 Å². The maximum absolute atomic E-state index is 5.48. The average Bonchev–Trinajstić information content (AvgIpc) is 2.55. The van der Waals surface area contributed by atoms with Crippen LogP contribution in [-0.2, 0) is 29.7 Å². The highest BCUT2D eigenvalue weighted by molar-refractivity contribution is 4.80. The summed E-state index contributed by atoms with van der Waals surface area (Å²) >= 11 is 0. The van der Waals surface area contributed by atoms with E-state index < -0.39 is 0 Å². The molecule has 0 spiro atoms. The Morgan fingerprint density at radius 2 is 2.21 bits per heavy atom. The number of nitrogens with zero attached hydrogens (tertiary/aromatic N) is 2. The molecule has 0 aliphatic carbocycles. The van der Waals surface area contributed by atoms with Crippen molar-refractivity contribution in [2.24, 2.45) is 7.05 Å². The van der Waals surface area contributed by atoms with Crippen molar-refractivity contribution in [1.82, 2.24) is 4.57 Å². The van der Waals surface area contributed by atoms with Crippen LogP contribution in [0.2, 0.25) is 0 Å². The molecule has 1 rings (SSSR count). The zero-order valence-corrected chi connectivity index (χ0v) is 9.19. The Labute approximate surface area is 85.1 Å². The molecule has 14 heavy (non-hydrogen) atoms. The Morgan fingerprint density at radius 1 is 1.43 bits per heavy atom. The molecule has 0 bridgehead atoms. The van der Waals surface area contributed by atoms with Gasteiger partial charge in [-0.25, -0.2) is 9.13 Å². The number of aryl methyl sites for hydroxylation is 2. The monoisotopic (exact) mass is 199 g/mol. The minimum atomic E-state index is 0.640. The van der Waals surface area contributed by atoms with Crippen molar-refractivity contribution in [2.45, 2.75) is 20.1 Å². The molecular weight excluding hydrogens is 180 g/mol. The third-order valence-corrected chi connectivity index (χ3v) is 2.21. The molecule has 1 aromatic heterocycles. The Kier molecular flexibility index (Phi) is 4.62. The van der Waals surface area contributed by atoms with Gasteiger partial charge in [-0.3, -0.25) is 0 Å². The van der Waals surface area contributed by atoms with Gasteiger partial charge in [0, 0.05) is 7.11 Å². The van der Waals surface area contributed by atoms with Crippen LogP contribution in [0.4, 0.5) is 0 Å². The lowest BCUT2D eigenvalue weighted by atomic mass is 10.6. The van der Waals surface area contributed by atoms with E-state index in [9.17, 15) is 0 Å². The molecule has 1 aromatic rings. The molecule has 0 amide bonds. The zero-order valence-electron chi connectivity index (χ0n) is 9.19. The summed E-state index contributed by atoms with van der Waals surface area (Å²) < 4.78 is 14.6. The van der Waals surface area contributed by atoms with Gasteiger partial charge in [0.05, 0.1) is 26.8 Å². The number of ether oxygens (including phenoxy) is 2. The largest absolute Gasteiger partial charge is 0.382 e. The van der Waals surface area contributed by atoms with Crippen LogP contribution in [0.1, 0.15) is 12.7 Å². The summed E-state index contributed by atoms with van der Waals surface area (Å²) in [5.41, 5.74) is 0. The summed E-state index contributed by atoms with van der Waals surface area (Å²) in [6.45, 7) is 5.03. The van der Waals surface area contributed by atoms with Crippen molar-refractivity contribution >= 4 is 0 Å². The van der Waals surface area contributed by atoms with Gasteiger partial charge >= 0.3 is 0 Å². The van der Waals surface area contributed by atoms with Crippen LogP contribution in [0, 0.1) is 0 Å². The molecular formula is C10H19N2O2+. The second-order valence-corrected chi connectivity index (χ2v) is 3.16. The summed E-state index contributed by atoms with van der Waals surface area (Å²) in [7, 11) is 3.71. The maximum Gasteiger partial charge on any atom is 0.282 e. The van der Waals surface area contributed by atoms with Gasteiger partial charge in [-0.05, 0) is 6.92 Å². The van der Waals surface area contributed by atoms with E-state index in [1.165, 1.54) is 5.82 Å². The van der Waals surface area contributed by atoms with Crippen LogP contribution in [0.25, 0.3) is 0 Å². The van der Waals surface area contributed by atoms with E-state index in [0.717, 1.165) is 6.54 Å². The smallest absolute Gasteiger partial charge is 0.282 e. The number of hydrogen-bond donors (Lipinski definition) is 0. The number of hydrogen-bond acceptors (Lipinski definition) is 2. The molecule has 4 nitrogen and oxygen atoms in total. The van der Waals surface area contributed by atoms with Gasteiger partial charge in [-0.15, -0.1) is 0 Å². The molecule has 0 aliphatic heterocycles. The fraction of sp³-hybridized carbons (Fsp3) is 0.700. The highest BCUT2D eigenvalue weighted by Gasteiger charge is 2.12. The molecule has 0 radical (unpaired) electrons. The standard InChI is InChI=1S/C10H19N2O2/c1-4-12-6-5-11(2)10(12)9-14-8-7-13-3/h5-6H,4,7-9H2,1-3H3/q+1. The normalized spacial score (nSPS) is 10.8. The highest BCUT2D eigenvalue weighted by Crippen LogP contribution is 1.97. The van der Waals surface area contributed by atoms with Crippen molar-refractivity contribution in [3.63, 3.8) is 0 Å². The van der Waals surface area contributed by atoms with Crippen molar-refractivity contribution < 1.29 is 14.0 Å². The minimum absolute atomic E-state index is 0.640. The average molecular weight is 199 g/mol. The quantitative estimate of drug-likeness (QED) is 0.492. The second kappa shape index (κ2) is 5.78. The molecule has 0 saturated carbocycles. The first-order valence-corrected chi connectivity index (χ1v) is 4.90. The molecule has 0 N–H and O–H groups in total. The number of imidazole rings is 1. The number of aromatic nitrogens is 2. The predicted octanol–water partition coefficient (Wildman–Crippen LogP) is 0.495. The summed E-state index contributed by atoms with van der Waals surface area (Å²) in [6.07, 6.45) is 4.10. The van der Waals surface area contributed by atoms with Gasteiger partial charge in [0.25, 0.3) is 5.82 Å². The number of methoxy groups -OCH3 is 1. The summed E-state index contributed by atoms with van der Waals surface area (Å²) in [6, 6.07) is 0. The topological polar surface area (TPSA) is 27.3 Å². The van der Waals surface area contributed by atoms with Gasteiger partial charge in [0.1, 0.15) is 19.0 Å². The zero-order chi connectivity index (χ0) is 10.4. The lowest BCUT2D eigenvalue weighted by molar-refractivity contribution is -0.681. The van der Waals surface area contributed by atoms with Crippen molar-refractivity contribution in [3.05, 3.63) is 18.2 Å². The Hall–Kier alpha value is -0.870. The van der Waals surface area contributed by atoms with Gasteiger partial charge in [0.15, 0.2) is 0 Å². The minimum Gasteiger partial charge on any atom is -0.382 e. The second-order valence-electron chi connectivity index (χ2n) is 3.16. The fourth-order valence-corrected chi connectivity index (χ4v) is 1.33. The van der Waals surface area contributed by atoms with E-state index in [4.69, 9.17) is 9.47 Å². The maximum atomic E-state index is 5.48. The van der Waals surface area contributed by atoms with Crippen LogP contribution < -0.4 is 4.57 Å². The van der Waals surface area contributed by atoms with E-state index in [0.29, 0.717) is 19.8 Å². The van der Waals surface area contributed by atoms with Crippen LogP contribution >= 0.6 is 0 Å². The molecule has 0 unspecified atom stereocenters. The van der Waals surface area contributed by atoms with Gasteiger partial charge < -0.3 is 9.47 Å². The lowest BCUT2D eigenvalue weighted by Crippen LogP contribution is -2.32. The summed E-state index contributed by atoms with van der Waals surface area (Å²) in [5, 5.41) is 0. The van der Waals surface area contributed by atoms with Crippen LogP contribution in [0.3, 0.4) is 0 Å². The Balaban J connectivity index is 2.44. The molecule has 0 fully saturated rings. The molecule has 0 saturated heterocycles. The Morgan fingerprint density at radius 3 is 2.86 bits per heavy atom. The van der Waals surface area contributed by atoms with Crippen LogP contribution in [-0.4, -0.2) is 24.9 Å². The van der Waals surface area contributed by atoms with Crippen LogP contribution in [0.5, 0.6) is 0 Å². The third kappa shape index (κ3) is 2.82. The highest BCUT2D eigenvalue weighted by atomic mass is 16.5. The van der Waals surface area contributed by atoms with E-state index in [1.807, 2.05) is 13.2 Å². The lowest BCUT2D eigenvalue weighted by Gasteiger charge is -2.02. The van der Waals surface area contributed by atoms with Gasteiger partial charge in [-0.2, -0.15) is 0 Å². The molecule has 0 aromatic carbocycles. The first-order valence-electron chi connectivity index (χ1n) is 4.90. The predicted molar refractivity (Wildman–Crippen MR) is 52.8 cm³/mol. The molecule has 1 heterocycles. The first-order chi connectivity index (χ1) is 6.79. The van der Waals surface area contributed by atoms with Crippen molar-refractivity contribution in [3.8, 4) is 0 Å². The fourth-order valence-electron chi connectivity index (χ4n) is 1.33. The first kappa shape index (κ1) is 11.2. The summed E-state index contributed by atoms with van der Waals surface area (Å²) in [4.78, 5) is 0. The Bertz CT molecular complexity index is 271. The van der Waals surface area contributed by atoms with Crippen LogP contribution in [0.15, 0.2) is 12.4 Å².